The highest BCUT2D eigenvalue weighted by molar-refractivity contribution is 6.35. The van der Waals surface area contributed by atoms with Crippen molar-refractivity contribution >= 4 is 40.5 Å². The van der Waals surface area contributed by atoms with E-state index in [1.807, 2.05) is 60.5 Å². The number of carbonyl (C=O) groups is 2. The molecule has 1 spiro atoms. The molecule has 1 unspecified atom stereocenters. The van der Waals surface area contributed by atoms with Crippen molar-refractivity contribution in [1.82, 2.24) is 0 Å². The van der Waals surface area contributed by atoms with Crippen LogP contribution in [0.4, 0.5) is 17.1 Å². The molecule has 0 aromatic heterocycles. The molecule has 1 N–H and O–H groups in total. The number of nitrogens with one attached hydrogen (secondary N) is 1. The number of amides is 2. The molecule has 3 aromatic carbocycles. The van der Waals surface area contributed by atoms with Crippen LogP contribution in [0.1, 0.15) is 15.9 Å². The Bertz CT molecular complexity index is 1150. The van der Waals surface area contributed by atoms with Crippen LogP contribution < -0.4 is 15.1 Å². The lowest BCUT2D eigenvalue weighted by molar-refractivity contribution is -0.120. The Hall–Kier alpha value is -3.31. The molecule has 2 heterocycles. The summed E-state index contributed by atoms with van der Waals surface area (Å²) in [5.41, 5.74) is 1.74. The number of benzene rings is 3. The molecular formula is C22H16ClN3O2. The largest absolute Gasteiger partial charge is 0.339 e. The fourth-order valence-corrected chi connectivity index (χ4v) is 4.46. The summed E-state index contributed by atoms with van der Waals surface area (Å²) in [6.07, 6.45) is 0. The number of anilines is 3. The summed E-state index contributed by atoms with van der Waals surface area (Å²) in [5, 5.41) is 3.34. The average Bonchev–Trinajstić information content (AvgIpc) is 3.00. The minimum absolute atomic E-state index is 0.270. The normalized spacial score (nSPS) is 20.2. The van der Waals surface area contributed by atoms with Crippen molar-refractivity contribution in [3.05, 3.63) is 88.9 Å². The number of hydrogen-bond acceptors (Lipinski definition) is 3. The number of likely N-dealkylation sites (N-methyl/N-ethyl adjacent to an activating group) is 1. The first-order chi connectivity index (χ1) is 13.6. The smallest absolute Gasteiger partial charge is 0.276 e. The molecule has 3 aromatic rings. The number of rotatable bonds is 1. The zero-order chi connectivity index (χ0) is 19.5. The summed E-state index contributed by atoms with van der Waals surface area (Å²) in [5.74, 6) is -0.562. The van der Waals surface area contributed by atoms with Gasteiger partial charge in [0.05, 0.1) is 22.0 Å². The number of halogens is 1. The van der Waals surface area contributed by atoms with Crippen molar-refractivity contribution in [3.63, 3.8) is 0 Å². The van der Waals surface area contributed by atoms with E-state index in [9.17, 15) is 9.59 Å². The van der Waals surface area contributed by atoms with Crippen LogP contribution in [0.5, 0.6) is 0 Å². The SMILES string of the molecule is CN1c2ccccc2C(=O)N(c2ccccc2Cl)C12C(=O)Nc1ccccc12. The van der Waals surface area contributed by atoms with Gasteiger partial charge >= 0.3 is 0 Å². The van der Waals surface area contributed by atoms with E-state index in [4.69, 9.17) is 11.6 Å². The maximum Gasteiger partial charge on any atom is 0.276 e. The zero-order valence-corrected chi connectivity index (χ0v) is 15.8. The number of fused-ring (bicyclic) bond motifs is 3. The second kappa shape index (κ2) is 5.84. The van der Waals surface area contributed by atoms with Gasteiger partial charge in [0.2, 0.25) is 5.66 Å². The lowest BCUT2D eigenvalue weighted by atomic mass is 9.90. The van der Waals surface area contributed by atoms with Gasteiger partial charge in [-0.15, -0.1) is 0 Å². The molecule has 0 saturated carbocycles. The van der Waals surface area contributed by atoms with Gasteiger partial charge in [0.25, 0.3) is 11.8 Å². The quantitative estimate of drug-likeness (QED) is 0.677. The van der Waals surface area contributed by atoms with Crippen LogP contribution in [0.2, 0.25) is 5.02 Å². The number of para-hydroxylation sites is 3. The third-order valence-corrected chi connectivity index (χ3v) is 5.79. The predicted octanol–water partition coefficient (Wildman–Crippen LogP) is 4.24. The minimum Gasteiger partial charge on any atom is -0.339 e. The fourth-order valence-electron chi connectivity index (χ4n) is 4.24. The molecule has 28 heavy (non-hydrogen) atoms. The summed E-state index contributed by atoms with van der Waals surface area (Å²) in [7, 11) is 1.83. The Morgan fingerprint density at radius 1 is 0.857 bits per heavy atom. The summed E-state index contributed by atoms with van der Waals surface area (Å²) in [6.45, 7) is 0. The van der Waals surface area contributed by atoms with Crippen LogP contribution in [0, 0.1) is 0 Å². The zero-order valence-electron chi connectivity index (χ0n) is 15.0. The predicted molar refractivity (Wildman–Crippen MR) is 110 cm³/mol. The van der Waals surface area contributed by atoms with E-state index in [1.54, 1.807) is 24.3 Å². The van der Waals surface area contributed by atoms with Crippen LogP contribution in [-0.4, -0.2) is 18.9 Å². The summed E-state index contributed by atoms with van der Waals surface area (Å²) in [4.78, 5) is 30.5. The third-order valence-electron chi connectivity index (χ3n) is 5.47. The molecular weight excluding hydrogens is 374 g/mol. The Morgan fingerprint density at radius 2 is 1.50 bits per heavy atom. The average molecular weight is 390 g/mol. The number of carbonyl (C=O) groups excluding carboxylic acids is 2. The second-order valence-electron chi connectivity index (χ2n) is 6.84. The Kier molecular flexibility index (Phi) is 3.51. The monoisotopic (exact) mass is 389 g/mol. The van der Waals surface area contributed by atoms with Gasteiger partial charge in [-0.05, 0) is 30.3 Å². The molecule has 2 aliphatic heterocycles. The number of hydrogen-bond donors (Lipinski definition) is 1. The van der Waals surface area contributed by atoms with Crippen LogP contribution in [0.15, 0.2) is 72.8 Å². The van der Waals surface area contributed by atoms with Gasteiger partial charge in [-0.2, -0.15) is 0 Å². The van der Waals surface area contributed by atoms with E-state index in [0.717, 1.165) is 0 Å². The topological polar surface area (TPSA) is 52.7 Å². The van der Waals surface area contributed by atoms with E-state index in [1.165, 1.54) is 4.90 Å². The summed E-state index contributed by atoms with van der Waals surface area (Å²) in [6, 6.07) is 21.8. The lowest BCUT2D eigenvalue weighted by Crippen LogP contribution is -2.66. The molecule has 2 amide bonds. The maximum absolute atomic E-state index is 13.7. The Labute approximate surface area is 167 Å². The summed E-state index contributed by atoms with van der Waals surface area (Å²) >= 11 is 6.49. The van der Waals surface area contributed by atoms with Gasteiger partial charge in [0.15, 0.2) is 0 Å². The minimum atomic E-state index is -1.37. The van der Waals surface area contributed by atoms with Crippen molar-refractivity contribution in [2.75, 3.05) is 22.2 Å². The first kappa shape index (κ1) is 16.8. The third kappa shape index (κ3) is 1.97. The standard InChI is InChI=1S/C22H16ClN3O2/c1-25-18-12-6-2-8-14(18)20(27)26(19-13-7-4-10-16(19)23)22(25)15-9-3-5-11-17(15)24-21(22)28/h2-13H,1H3,(H,24,28). The number of nitrogens with zero attached hydrogens (tertiary/aromatic N) is 2. The van der Waals surface area contributed by atoms with Gasteiger partial charge in [-0.25, -0.2) is 0 Å². The highest BCUT2D eigenvalue weighted by Crippen LogP contribution is 2.51. The molecule has 1 atom stereocenters. The molecule has 5 rings (SSSR count). The van der Waals surface area contributed by atoms with Crippen molar-refractivity contribution in [3.8, 4) is 0 Å². The molecule has 0 aliphatic carbocycles. The second-order valence-corrected chi connectivity index (χ2v) is 7.25. The van der Waals surface area contributed by atoms with E-state index >= 15 is 0 Å². The van der Waals surface area contributed by atoms with Crippen molar-refractivity contribution in [2.24, 2.45) is 0 Å². The summed E-state index contributed by atoms with van der Waals surface area (Å²) < 4.78 is 0. The molecule has 0 fully saturated rings. The van der Waals surface area contributed by atoms with Gasteiger partial charge in [0, 0.05) is 18.3 Å². The maximum atomic E-state index is 13.7. The molecule has 0 bridgehead atoms. The van der Waals surface area contributed by atoms with Crippen molar-refractivity contribution < 1.29 is 9.59 Å². The van der Waals surface area contributed by atoms with E-state index < -0.39 is 5.66 Å². The first-order valence-electron chi connectivity index (χ1n) is 8.89. The highest BCUT2D eigenvalue weighted by atomic mass is 35.5. The van der Waals surface area contributed by atoms with Crippen LogP contribution in [0.25, 0.3) is 0 Å². The highest BCUT2D eigenvalue weighted by Gasteiger charge is 2.60. The van der Waals surface area contributed by atoms with Crippen molar-refractivity contribution in [1.29, 1.82) is 0 Å². The van der Waals surface area contributed by atoms with Crippen LogP contribution in [-0.2, 0) is 10.5 Å². The molecule has 0 saturated heterocycles. The van der Waals surface area contributed by atoms with Crippen LogP contribution in [0.3, 0.4) is 0 Å². The molecule has 0 radical (unpaired) electrons. The van der Waals surface area contributed by atoms with E-state index in [-0.39, 0.29) is 11.8 Å². The van der Waals surface area contributed by atoms with Gasteiger partial charge in [-0.3, -0.25) is 14.5 Å². The molecule has 5 nitrogen and oxygen atoms in total. The van der Waals surface area contributed by atoms with E-state index in [0.29, 0.717) is 33.2 Å². The molecule has 2 aliphatic rings. The fraction of sp³-hybridized carbons (Fsp3) is 0.0909. The molecule has 138 valence electrons. The van der Waals surface area contributed by atoms with Gasteiger partial charge in [-0.1, -0.05) is 54.1 Å². The van der Waals surface area contributed by atoms with Gasteiger partial charge in [0.1, 0.15) is 0 Å². The Balaban J connectivity index is 1.89. The van der Waals surface area contributed by atoms with Gasteiger partial charge < -0.3 is 10.2 Å². The van der Waals surface area contributed by atoms with E-state index in [2.05, 4.69) is 5.32 Å². The lowest BCUT2D eigenvalue weighted by Gasteiger charge is -2.50. The first-order valence-corrected chi connectivity index (χ1v) is 9.27. The Morgan fingerprint density at radius 3 is 2.29 bits per heavy atom. The molecule has 6 heteroatoms. The van der Waals surface area contributed by atoms with Crippen LogP contribution >= 0.6 is 11.6 Å². The van der Waals surface area contributed by atoms with Crippen molar-refractivity contribution in [2.45, 2.75) is 5.66 Å².